The first-order valence-electron chi connectivity index (χ1n) is 4.54. The monoisotopic (exact) mass is 186 g/mol. The van der Waals surface area contributed by atoms with Gasteiger partial charge in [0, 0.05) is 16.9 Å². The molecule has 70 valence electrons. The summed E-state index contributed by atoms with van der Waals surface area (Å²) in [5.41, 5.74) is 2.96. The Labute approximate surface area is 83.0 Å². The molecular weight excluding hydrogens is 174 g/mol. The predicted octanol–water partition coefficient (Wildman–Crippen LogP) is 2.19. The fourth-order valence-electron chi connectivity index (χ4n) is 1.42. The van der Waals surface area contributed by atoms with E-state index in [9.17, 15) is 5.21 Å². The smallest absolute Gasteiger partial charge is 0.264 e. The lowest BCUT2D eigenvalue weighted by Gasteiger charge is -1.97. The number of hydrogen-bond donors (Lipinski definition) is 1. The maximum Gasteiger partial charge on any atom is 0.264 e. The van der Waals surface area contributed by atoms with E-state index < -0.39 is 0 Å². The highest BCUT2D eigenvalue weighted by Crippen LogP contribution is 2.14. The van der Waals surface area contributed by atoms with Crippen LogP contribution in [0.2, 0.25) is 0 Å². The Kier molecular flexibility index (Phi) is 2.19. The summed E-state index contributed by atoms with van der Waals surface area (Å²) in [5.74, 6) is 0. The van der Waals surface area contributed by atoms with E-state index in [0.29, 0.717) is 0 Å². The molecule has 2 heteroatoms. The minimum Gasteiger partial charge on any atom is -0.285 e. The highest BCUT2D eigenvalue weighted by Gasteiger charge is 2.11. The standard InChI is InChI=1S/C12H12NO/c1-10-7-8-13(14)12(9-10)11-5-3-2-4-6-11/h2-9,14H,1H3/q+1. The molecule has 0 aliphatic rings. The Morgan fingerprint density at radius 3 is 2.50 bits per heavy atom. The normalized spacial score (nSPS) is 10.1. The van der Waals surface area contributed by atoms with Crippen molar-refractivity contribution < 1.29 is 9.94 Å². The van der Waals surface area contributed by atoms with Gasteiger partial charge in [-0.15, -0.1) is 0 Å². The zero-order chi connectivity index (χ0) is 9.97. The summed E-state index contributed by atoms with van der Waals surface area (Å²) >= 11 is 0. The van der Waals surface area contributed by atoms with E-state index in [0.717, 1.165) is 21.6 Å². The molecule has 0 aliphatic carbocycles. The van der Waals surface area contributed by atoms with Gasteiger partial charge in [0.05, 0.1) is 5.56 Å². The lowest BCUT2D eigenvalue weighted by atomic mass is 10.1. The summed E-state index contributed by atoms with van der Waals surface area (Å²) in [6, 6.07) is 13.6. The SMILES string of the molecule is Cc1cc[n+](O)c(-c2ccccc2)c1. The van der Waals surface area contributed by atoms with Crippen LogP contribution in [0.1, 0.15) is 5.56 Å². The van der Waals surface area contributed by atoms with Crippen LogP contribution < -0.4 is 4.73 Å². The third-order valence-corrected chi connectivity index (χ3v) is 2.16. The van der Waals surface area contributed by atoms with Crippen LogP contribution in [0.25, 0.3) is 11.3 Å². The average molecular weight is 186 g/mol. The molecule has 0 saturated heterocycles. The van der Waals surface area contributed by atoms with Crippen LogP contribution in [-0.4, -0.2) is 5.21 Å². The number of rotatable bonds is 1. The molecule has 14 heavy (non-hydrogen) atoms. The van der Waals surface area contributed by atoms with Crippen molar-refractivity contribution in [3.8, 4) is 11.3 Å². The number of pyridine rings is 1. The molecule has 1 heterocycles. The Hall–Kier alpha value is -1.83. The quantitative estimate of drug-likeness (QED) is 0.535. The van der Waals surface area contributed by atoms with Gasteiger partial charge in [-0.3, -0.25) is 5.21 Å². The fourth-order valence-corrected chi connectivity index (χ4v) is 1.42. The molecule has 0 saturated carbocycles. The lowest BCUT2D eigenvalue weighted by molar-refractivity contribution is -0.896. The number of nitrogens with zero attached hydrogens (tertiary/aromatic N) is 1. The molecule has 1 aromatic carbocycles. The van der Waals surface area contributed by atoms with Crippen LogP contribution in [0.4, 0.5) is 0 Å². The van der Waals surface area contributed by atoms with E-state index in [4.69, 9.17) is 0 Å². The van der Waals surface area contributed by atoms with Gasteiger partial charge in [0.1, 0.15) is 0 Å². The Balaban J connectivity index is 2.57. The minimum absolute atomic E-state index is 0.811. The fraction of sp³-hybridized carbons (Fsp3) is 0.0833. The van der Waals surface area contributed by atoms with Crippen molar-refractivity contribution in [3.63, 3.8) is 0 Å². The molecule has 0 aliphatic heterocycles. The van der Waals surface area contributed by atoms with Crippen LogP contribution in [0, 0.1) is 6.92 Å². The predicted molar refractivity (Wildman–Crippen MR) is 54.0 cm³/mol. The van der Waals surface area contributed by atoms with Crippen molar-refractivity contribution in [2.45, 2.75) is 6.92 Å². The molecule has 1 N–H and O–H groups in total. The zero-order valence-corrected chi connectivity index (χ0v) is 8.01. The lowest BCUT2D eigenvalue weighted by Crippen LogP contribution is -2.32. The van der Waals surface area contributed by atoms with Crippen molar-refractivity contribution in [2.24, 2.45) is 0 Å². The van der Waals surface area contributed by atoms with Gasteiger partial charge in [0.25, 0.3) is 5.69 Å². The van der Waals surface area contributed by atoms with Crippen molar-refractivity contribution in [1.29, 1.82) is 0 Å². The van der Waals surface area contributed by atoms with E-state index >= 15 is 0 Å². The molecule has 0 spiro atoms. The largest absolute Gasteiger partial charge is 0.285 e. The van der Waals surface area contributed by atoms with Gasteiger partial charge in [0.2, 0.25) is 6.20 Å². The molecule has 1 aromatic heterocycles. The van der Waals surface area contributed by atoms with Gasteiger partial charge in [0.15, 0.2) is 0 Å². The van der Waals surface area contributed by atoms with Crippen molar-refractivity contribution in [3.05, 3.63) is 54.2 Å². The second kappa shape index (κ2) is 3.50. The van der Waals surface area contributed by atoms with Gasteiger partial charge >= 0.3 is 0 Å². The third kappa shape index (κ3) is 1.59. The van der Waals surface area contributed by atoms with Gasteiger partial charge in [-0.25, -0.2) is 0 Å². The second-order valence-corrected chi connectivity index (χ2v) is 3.30. The Morgan fingerprint density at radius 2 is 1.79 bits per heavy atom. The van der Waals surface area contributed by atoms with Crippen molar-refractivity contribution in [2.75, 3.05) is 0 Å². The van der Waals surface area contributed by atoms with E-state index in [1.807, 2.05) is 49.4 Å². The molecule has 0 bridgehead atoms. The average Bonchev–Trinajstić information content (AvgIpc) is 2.23. The highest BCUT2D eigenvalue weighted by molar-refractivity contribution is 5.56. The van der Waals surface area contributed by atoms with Gasteiger partial charge < -0.3 is 0 Å². The van der Waals surface area contributed by atoms with Crippen LogP contribution in [0.3, 0.4) is 0 Å². The molecule has 2 aromatic rings. The van der Waals surface area contributed by atoms with Crippen LogP contribution in [0.5, 0.6) is 0 Å². The van der Waals surface area contributed by atoms with Crippen LogP contribution in [0.15, 0.2) is 48.7 Å². The Morgan fingerprint density at radius 1 is 1.07 bits per heavy atom. The number of aromatic nitrogens is 1. The first-order chi connectivity index (χ1) is 6.77. The van der Waals surface area contributed by atoms with E-state index in [2.05, 4.69) is 0 Å². The first kappa shape index (κ1) is 8.75. The molecule has 2 nitrogen and oxygen atoms in total. The van der Waals surface area contributed by atoms with Crippen LogP contribution >= 0.6 is 0 Å². The minimum atomic E-state index is 0.811. The van der Waals surface area contributed by atoms with Crippen molar-refractivity contribution >= 4 is 0 Å². The topological polar surface area (TPSA) is 24.1 Å². The Bertz CT molecular complexity index is 437. The van der Waals surface area contributed by atoms with Crippen LogP contribution in [-0.2, 0) is 0 Å². The first-order valence-corrected chi connectivity index (χ1v) is 4.54. The van der Waals surface area contributed by atoms with Crippen molar-refractivity contribution in [1.82, 2.24) is 0 Å². The number of benzene rings is 1. The molecule has 0 unspecified atom stereocenters. The van der Waals surface area contributed by atoms with E-state index in [-0.39, 0.29) is 0 Å². The number of hydrogen-bond acceptors (Lipinski definition) is 1. The summed E-state index contributed by atoms with van der Waals surface area (Å²) in [7, 11) is 0. The van der Waals surface area contributed by atoms with Gasteiger partial charge in [-0.05, 0) is 24.6 Å². The second-order valence-electron chi connectivity index (χ2n) is 3.30. The molecule has 2 rings (SSSR count). The summed E-state index contributed by atoms with van der Waals surface area (Å²) in [5, 5.41) is 9.61. The van der Waals surface area contributed by atoms with E-state index in [1.165, 1.54) is 0 Å². The summed E-state index contributed by atoms with van der Waals surface area (Å²) in [4.78, 5) is 0. The number of aryl methyl sites for hydroxylation is 1. The molecule has 0 atom stereocenters. The molecule has 0 fully saturated rings. The molecule has 0 radical (unpaired) electrons. The van der Waals surface area contributed by atoms with Gasteiger partial charge in [-0.2, -0.15) is 0 Å². The molecule has 0 amide bonds. The summed E-state index contributed by atoms with van der Waals surface area (Å²) in [6.45, 7) is 2.01. The summed E-state index contributed by atoms with van der Waals surface area (Å²) in [6.07, 6.45) is 1.65. The zero-order valence-electron chi connectivity index (χ0n) is 8.01. The highest BCUT2D eigenvalue weighted by atomic mass is 16.5. The maximum atomic E-state index is 9.61. The maximum absolute atomic E-state index is 9.61. The van der Waals surface area contributed by atoms with E-state index in [1.54, 1.807) is 6.20 Å². The van der Waals surface area contributed by atoms with Gasteiger partial charge in [-0.1, -0.05) is 18.2 Å². The molecular formula is C12H12NO+. The summed E-state index contributed by atoms with van der Waals surface area (Å²) < 4.78 is 1.14. The third-order valence-electron chi connectivity index (χ3n) is 2.16.